The van der Waals surface area contributed by atoms with E-state index in [0.717, 1.165) is 18.6 Å². The highest BCUT2D eigenvalue weighted by Gasteiger charge is 2.04. The molecule has 0 fully saturated rings. The van der Waals surface area contributed by atoms with Crippen molar-refractivity contribution in [2.24, 2.45) is 0 Å². The Kier molecular flexibility index (Phi) is 6.11. The monoisotopic (exact) mass is 241 g/mol. The molecule has 96 valence electrons. The molecule has 1 unspecified atom stereocenters. The number of ether oxygens (including phenoxy) is 1. The number of rotatable bonds is 7. The van der Waals surface area contributed by atoms with Crippen molar-refractivity contribution < 1.29 is 14.2 Å². The van der Waals surface area contributed by atoms with Crippen molar-refractivity contribution in [2.75, 3.05) is 13.7 Å². The Morgan fingerprint density at radius 1 is 1.47 bits per heavy atom. The summed E-state index contributed by atoms with van der Waals surface area (Å²) in [5, 5.41) is 12.3. The summed E-state index contributed by atoms with van der Waals surface area (Å²) in [7, 11) is 1.68. The summed E-state index contributed by atoms with van der Waals surface area (Å²) >= 11 is 0. The molecule has 2 N–H and O–H groups in total. The first-order chi connectivity index (χ1) is 8.17. The van der Waals surface area contributed by atoms with Crippen molar-refractivity contribution >= 4 is 0 Å². The van der Waals surface area contributed by atoms with E-state index >= 15 is 0 Å². The van der Waals surface area contributed by atoms with E-state index in [2.05, 4.69) is 12.2 Å². The molecule has 0 bridgehead atoms. The molecular formula is C13H20FNO2. The molecule has 0 amide bonds. The largest absolute Gasteiger partial charge is 0.392 e. The average Bonchev–Trinajstić information content (AvgIpc) is 2.35. The fraction of sp³-hybridized carbons (Fsp3) is 0.538. The second kappa shape index (κ2) is 7.37. The van der Waals surface area contributed by atoms with Gasteiger partial charge in [0.15, 0.2) is 0 Å². The van der Waals surface area contributed by atoms with Crippen LogP contribution in [0.1, 0.15) is 24.5 Å². The van der Waals surface area contributed by atoms with Gasteiger partial charge in [0.2, 0.25) is 0 Å². The molecule has 0 heterocycles. The Bertz CT molecular complexity index is 344. The maximum absolute atomic E-state index is 13.1. The number of hydrogen-bond donors (Lipinski definition) is 2. The van der Waals surface area contributed by atoms with Gasteiger partial charge in [-0.3, -0.25) is 0 Å². The van der Waals surface area contributed by atoms with Crippen LogP contribution < -0.4 is 5.32 Å². The number of methoxy groups -OCH3 is 1. The van der Waals surface area contributed by atoms with E-state index in [1.807, 2.05) is 0 Å². The van der Waals surface area contributed by atoms with Gasteiger partial charge in [0.05, 0.1) is 6.61 Å². The van der Waals surface area contributed by atoms with Crippen LogP contribution in [0.2, 0.25) is 0 Å². The van der Waals surface area contributed by atoms with Gasteiger partial charge in [-0.25, -0.2) is 4.39 Å². The molecule has 1 rings (SSSR count). The summed E-state index contributed by atoms with van der Waals surface area (Å²) in [6.45, 7) is 3.20. The van der Waals surface area contributed by atoms with E-state index in [1.165, 1.54) is 6.07 Å². The van der Waals surface area contributed by atoms with Gasteiger partial charge in [-0.15, -0.1) is 0 Å². The van der Waals surface area contributed by atoms with E-state index in [4.69, 9.17) is 9.84 Å². The lowest BCUT2D eigenvalue weighted by Crippen LogP contribution is -2.26. The molecule has 0 aliphatic heterocycles. The van der Waals surface area contributed by atoms with E-state index in [9.17, 15) is 4.39 Å². The summed E-state index contributed by atoms with van der Waals surface area (Å²) in [5.74, 6) is -0.358. The molecular weight excluding hydrogens is 221 g/mol. The molecule has 17 heavy (non-hydrogen) atoms. The van der Waals surface area contributed by atoms with Gasteiger partial charge in [-0.1, -0.05) is 6.07 Å². The fourth-order valence-electron chi connectivity index (χ4n) is 1.55. The van der Waals surface area contributed by atoms with Crippen LogP contribution in [0.3, 0.4) is 0 Å². The summed E-state index contributed by atoms with van der Waals surface area (Å²) < 4.78 is 18.1. The van der Waals surface area contributed by atoms with E-state index in [-0.39, 0.29) is 12.4 Å². The number of aliphatic hydroxyl groups excluding tert-OH is 1. The Morgan fingerprint density at radius 2 is 2.24 bits per heavy atom. The summed E-state index contributed by atoms with van der Waals surface area (Å²) in [4.78, 5) is 0. The lowest BCUT2D eigenvalue weighted by Gasteiger charge is -2.13. The van der Waals surface area contributed by atoms with Crippen molar-refractivity contribution in [3.63, 3.8) is 0 Å². The quantitative estimate of drug-likeness (QED) is 0.765. The van der Waals surface area contributed by atoms with Crippen molar-refractivity contribution in [1.82, 2.24) is 5.32 Å². The predicted octanol–water partition coefficient (Wildman–Crippen LogP) is 1.83. The van der Waals surface area contributed by atoms with Crippen molar-refractivity contribution in [1.29, 1.82) is 0 Å². The van der Waals surface area contributed by atoms with Crippen LogP contribution in [-0.2, 0) is 17.9 Å². The first-order valence-corrected chi connectivity index (χ1v) is 5.78. The third kappa shape index (κ3) is 4.81. The molecule has 0 aromatic heterocycles. The third-order valence-corrected chi connectivity index (χ3v) is 2.69. The Morgan fingerprint density at radius 3 is 2.88 bits per heavy atom. The first-order valence-electron chi connectivity index (χ1n) is 5.78. The van der Waals surface area contributed by atoms with Crippen molar-refractivity contribution in [3.8, 4) is 0 Å². The second-order valence-electron chi connectivity index (χ2n) is 4.15. The molecule has 1 atom stereocenters. The van der Waals surface area contributed by atoms with Gasteiger partial charge in [0.1, 0.15) is 5.82 Å². The molecule has 0 aliphatic carbocycles. The molecule has 0 spiro atoms. The molecule has 0 saturated carbocycles. The van der Waals surface area contributed by atoms with Gasteiger partial charge in [-0.2, -0.15) is 0 Å². The lowest BCUT2D eigenvalue weighted by molar-refractivity contribution is 0.184. The Hall–Kier alpha value is -0.970. The van der Waals surface area contributed by atoms with Crippen LogP contribution in [0.4, 0.5) is 4.39 Å². The van der Waals surface area contributed by atoms with Crippen LogP contribution in [0.15, 0.2) is 18.2 Å². The van der Waals surface area contributed by atoms with E-state index < -0.39 is 0 Å². The predicted molar refractivity (Wildman–Crippen MR) is 65.1 cm³/mol. The molecule has 1 aromatic carbocycles. The highest BCUT2D eigenvalue weighted by Crippen LogP contribution is 2.10. The maximum atomic E-state index is 13.1. The Labute approximate surface area is 102 Å². The minimum Gasteiger partial charge on any atom is -0.392 e. The average molecular weight is 241 g/mol. The fourth-order valence-corrected chi connectivity index (χ4v) is 1.55. The highest BCUT2D eigenvalue weighted by molar-refractivity contribution is 5.24. The van der Waals surface area contributed by atoms with Gasteiger partial charge in [0.25, 0.3) is 0 Å². The zero-order valence-electron chi connectivity index (χ0n) is 10.4. The SMILES string of the molecule is COCCC(C)NCc1ccc(F)c(CO)c1. The van der Waals surface area contributed by atoms with Crippen LogP contribution >= 0.6 is 0 Å². The molecule has 3 nitrogen and oxygen atoms in total. The highest BCUT2D eigenvalue weighted by atomic mass is 19.1. The number of nitrogens with one attached hydrogen (secondary N) is 1. The number of benzene rings is 1. The minimum absolute atomic E-state index is 0.265. The zero-order valence-corrected chi connectivity index (χ0v) is 10.4. The number of halogens is 1. The lowest BCUT2D eigenvalue weighted by atomic mass is 10.1. The smallest absolute Gasteiger partial charge is 0.128 e. The van der Waals surface area contributed by atoms with Gasteiger partial charge < -0.3 is 15.2 Å². The van der Waals surface area contributed by atoms with Crippen LogP contribution in [-0.4, -0.2) is 24.9 Å². The first kappa shape index (κ1) is 14.1. The number of aliphatic hydroxyl groups is 1. The van der Waals surface area contributed by atoms with Gasteiger partial charge in [-0.05, 0) is 31.0 Å². The van der Waals surface area contributed by atoms with Crippen LogP contribution in [0.5, 0.6) is 0 Å². The summed E-state index contributed by atoms with van der Waals surface area (Å²) in [6.07, 6.45) is 0.935. The molecule has 0 aliphatic rings. The minimum atomic E-state index is -0.358. The van der Waals surface area contributed by atoms with Crippen molar-refractivity contribution in [3.05, 3.63) is 35.1 Å². The molecule has 1 aromatic rings. The molecule has 0 radical (unpaired) electrons. The van der Waals surface area contributed by atoms with E-state index in [0.29, 0.717) is 18.2 Å². The maximum Gasteiger partial charge on any atom is 0.128 e. The molecule has 0 saturated heterocycles. The van der Waals surface area contributed by atoms with Gasteiger partial charge in [0, 0.05) is 31.9 Å². The van der Waals surface area contributed by atoms with Gasteiger partial charge >= 0.3 is 0 Å². The number of hydrogen-bond acceptors (Lipinski definition) is 3. The topological polar surface area (TPSA) is 41.5 Å². The second-order valence-corrected chi connectivity index (χ2v) is 4.15. The summed E-state index contributed by atoms with van der Waals surface area (Å²) in [5.41, 5.74) is 1.31. The normalized spacial score (nSPS) is 12.7. The van der Waals surface area contributed by atoms with Crippen LogP contribution in [0, 0.1) is 5.82 Å². The Balaban J connectivity index is 2.46. The standard InChI is InChI=1S/C13H20FNO2/c1-10(5-6-17-2)15-8-11-3-4-13(14)12(7-11)9-16/h3-4,7,10,15-16H,5-6,8-9H2,1-2H3. The van der Waals surface area contributed by atoms with Crippen molar-refractivity contribution in [2.45, 2.75) is 32.5 Å². The zero-order chi connectivity index (χ0) is 12.7. The molecule has 4 heteroatoms. The third-order valence-electron chi connectivity index (χ3n) is 2.69. The van der Waals surface area contributed by atoms with Crippen LogP contribution in [0.25, 0.3) is 0 Å². The summed E-state index contributed by atoms with van der Waals surface area (Å²) in [6, 6.07) is 5.15. The van der Waals surface area contributed by atoms with E-state index in [1.54, 1.807) is 19.2 Å².